The highest BCUT2D eigenvalue weighted by atomic mass is 35.5. The summed E-state index contributed by atoms with van der Waals surface area (Å²) < 4.78 is 6.16. The maximum atomic E-state index is 13.2. The molecule has 1 saturated heterocycles. The molecule has 4 aromatic carbocycles. The first-order valence-electron chi connectivity index (χ1n) is 10.8. The number of nitrogens with zero attached hydrogens (tertiary/aromatic N) is 1. The van der Waals surface area contributed by atoms with Crippen molar-refractivity contribution >= 4 is 51.4 Å². The predicted octanol–water partition coefficient (Wildman–Crippen LogP) is 7.31. The largest absolute Gasteiger partial charge is 0.488 e. The first-order valence-corrected chi connectivity index (χ1v) is 12.0. The molecule has 1 fully saturated rings. The van der Waals surface area contributed by atoms with Crippen LogP contribution in [-0.4, -0.2) is 16.0 Å². The fourth-order valence-electron chi connectivity index (χ4n) is 3.83. The van der Waals surface area contributed by atoms with Gasteiger partial charge in [0.2, 0.25) is 0 Å². The third-order valence-electron chi connectivity index (χ3n) is 5.57. The molecule has 0 bridgehead atoms. The van der Waals surface area contributed by atoms with E-state index in [1.807, 2.05) is 78.9 Å². The van der Waals surface area contributed by atoms with Crippen molar-refractivity contribution in [3.63, 3.8) is 0 Å². The van der Waals surface area contributed by atoms with Crippen molar-refractivity contribution < 1.29 is 14.3 Å². The number of carbonyl (C=O) groups excluding carboxylic acids is 2. The third-order valence-corrected chi connectivity index (χ3v) is 6.73. The van der Waals surface area contributed by atoms with Crippen LogP contribution in [0.5, 0.6) is 5.75 Å². The highest BCUT2D eigenvalue weighted by Crippen LogP contribution is 2.37. The van der Waals surface area contributed by atoms with Crippen molar-refractivity contribution in [1.82, 2.24) is 4.90 Å². The second-order valence-electron chi connectivity index (χ2n) is 7.87. The van der Waals surface area contributed by atoms with E-state index in [1.54, 1.807) is 18.2 Å². The Hall–Kier alpha value is -3.54. The standard InChI is InChI=1S/C28H20ClNO3S/c29-22-13-10-19(11-14-22)17-30-27(31)26(34-28(30)32)16-24-23-9-5-4-8-21(23)12-15-25(24)33-18-20-6-2-1-3-7-20/h1-16H,17-18H2/b26-16+. The van der Waals surface area contributed by atoms with Crippen LogP contribution in [0.2, 0.25) is 5.02 Å². The lowest BCUT2D eigenvalue weighted by Gasteiger charge is -2.13. The van der Waals surface area contributed by atoms with E-state index in [-0.39, 0.29) is 17.7 Å². The Morgan fingerprint density at radius 3 is 2.35 bits per heavy atom. The summed E-state index contributed by atoms with van der Waals surface area (Å²) in [6.45, 7) is 0.601. The molecule has 0 spiro atoms. The molecule has 1 aliphatic heterocycles. The second kappa shape index (κ2) is 9.75. The predicted molar refractivity (Wildman–Crippen MR) is 138 cm³/mol. The fraction of sp³-hybridized carbons (Fsp3) is 0.0714. The Bertz CT molecular complexity index is 1400. The average molecular weight is 486 g/mol. The van der Waals surface area contributed by atoms with Crippen LogP contribution in [0.4, 0.5) is 4.79 Å². The smallest absolute Gasteiger partial charge is 0.293 e. The topological polar surface area (TPSA) is 46.6 Å². The molecule has 0 unspecified atom stereocenters. The van der Waals surface area contributed by atoms with Gasteiger partial charge in [0.05, 0.1) is 11.4 Å². The van der Waals surface area contributed by atoms with Gasteiger partial charge in [-0.3, -0.25) is 14.5 Å². The number of amides is 2. The lowest BCUT2D eigenvalue weighted by atomic mass is 10.0. The van der Waals surface area contributed by atoms with Crippen LogP contribution >= 0.6 is 23.4 Å². The molecule has 2 amide bonds. The van der Waals surface area contributed by atoms with Gasteiger partial charge in [-0.2, -0.15) is 0 Å². The highest BCUT2D eigenvalue weighted by Gasteiger charge is 2.35. The van der Waals surface area contributed by atoms with E-state index in [0.29, 0.717) is 22.3 Å². The highest BCUT2D eigenvalue weighted by molar-refractivity contribution is 8.18. The van der Waals surface area contributed by atoms with E-state index < -0.39 is 0 Å². The number of hydrogen-bond acceptors (Lipinski definition) is 4. The Morgan fingerprint density at radius 2 is 1.56 bits per heavy atom. The fourth-order valence-corrected chi connectivity index (χ4v) is 4.77. The van der Waals surface area contributed by atoms with Crippen molar-refractivity contribution in [3.05, 3.63) is 118 Å². The van der Waals surface area contributed by atoms with E-state index >= 15 is 0 Å². The molecule has 0 saturated carbocycles. The summed E-state index contributed by atoms with van der Waals surface area (Å²) in [5, 5.41) is 2.30. The van der Waals surface area contributed by atoms with Crippen LogP contribution in [-0.2, 0) is 17.9 Å². The van der Waals surface area contributed by atoms with Crippen LogP contribution in [0, 0.1) is 0 Å². The molecule has 1 aliphatic rings. The van der Waals surface area contributed by atoms with Gasteiger partial charge in [-0.1, -0.05) is 84.4 Å². The molecule has 0 aromatic heterocycles. The van der Waals surface area contributed by atoms with Crippen molar-refractivity contribution in [2.75, 3.05) is 0 Å². The number of fused-ring (bicyclic) bond motifs is 1. The summed E-state index contributed by atoms with van der Waals surface area (Å²) in [5.74, 6) is 0.346. The Kier molecular flexibility index (Phi) is 6.39. The van der Waals surface area contributed by atoms with Gasteiger partial charge in [-0.15, -0.1) is 0 Å². The van der Waals surface area contributed by atoms with Crippen LogP contribution in [0.1, 0.15) is 16.7 Å². The zero-order valence-electron chi connectivity index (χ0n) is 18.1. The van der Waals surface area contributed by atoms with E-state index in [4.69, 9.17) is 16.3 Å². The number of rotatable bonds is 6. The van der Waals surface area contributed by atoms with Crippen molar-refractivity contribution in [2.24, 2.45) is 0 Å². The Balaban J connectivity index is 1.47. The molecule has 34 heavy (non-hydrogen) atoms. The first-order chi connectivity index (χ1) is 16.6. The number of ether oxygens (including phenoxy) is 1. The SMILES string of the molecule is O=C1S/C(=C/c2c(OCc3ccccc3)ccc3ccccc23)C(=O)N1Cc1ccc(Cl)cc1. The van der Waals surface area contributed by atoms with E-state index in [1.165, 1.54) is 4.90 Å². The molecule has 0 radical (unpaired) electrons. The van der Waals surface area contributed by atoms with Crippen LogP contribution in [0.3, 0.4) is 0 Å². The molecule has 4 nitrogen and oxygen atoms in total. The number of halogens is 1. The van der Waals surface area contributed by atoms with Gasteiger partial charge in [-0.25, -0.2) is 0 Å². The molecule has 168 valence electrons. The lowest BCUT2D eigenvalue weighted by molar-refractivity contribution is -0.123. The zero-order valence-corrected chi connectivity index (χ0v) is 19.7. The van der Waals surface area contributed by atoms with Gasteiger partial charge in [-0.05, 0) is 57.9 Å². The van der Waals surface area contributed by atoms with E-state index in [0.717, 1.165) is 39.2 Å². The summed E-state index contributed by atoms with van der Waals surface area (Å²) in [4.78, 5) is 27.5. The quantitative estimate of drug-likeness (QED) is 0.269. The maximum Gasteiger partial charge on any atom is 0.293 e. The molecule has 6 heteroatoms. The maximum absolute atomic E-state index is 13.2. The Labute approximate surface area is 206 Å². The molecular formula is C28H20ClNO3S. The molecule has 5 rings (SSSR count). The zero-order chi connectivity index (χ0) is 23.5. The number of carbonyl (C=O) groups is 2. The third kappa shape index (κ3) is 4.72. The number of benzene rings is 4. The van der Waals surface area contributed by atoms with E-state index in [9.17, 15) is 9.59 Å². The van der Waals surface area contributed by atoms with Gasteiger partial charge < -0.3 is 4.74 Å². The molecule has 1 heterocycles. The van der Waals surface area contributed by atoms with Crippen LogP contribution < -0.4 is 4.74 Å². The average Bonchev–Trinajstić information content (AvgIpc) is 3.12. The molecule has 0 atom stereocenters. The summed E-state index contributed by atoms with van der Waals surface area (Å²) in [6.07, 6.45) is 1.77. The van der Waals surface area contributed by atoms with Crippen molar-refractivity contribution in [1.29, 1.82) is 0 Å². The number of hydrogen-bond donors (Lipinski definition) is 0. The summed E-state index contributed by atoms with van der Waals surface area (Å²) >= 11 is 6.90. The monoisotopic (exact) mass is 485 g/mol. The molecule has 0 aliphatic carbocycles. The van der Waals surface area contributed by atoms with Crippen molar-refractivity contribution in [2.45, 2.75) is 13.2 Å². The van der Waals surface area contributed by atoms with Crippen molar-refractivity contribution in [3.8, 4) is 5.75 Å². The number of imide groups is 1. The van der Waals surface area contributed by atoms with Crippen LogP contribution in [0.25, 0.3) is 16.8 Å². The second-order valence-corrected chi connectivity index (χ2v) is 9.30. The minimum absolute atomic E-state index is 0.200. The van der Waals surface area contributed by atoms with Gasteiger partial charge in [0.1, 0.15) is 12.4 Å². The van der Waals surface area contributed by atoms with E-state index in [2.05, 4.69) is 0 Å². The van der Waals surface area contributed by atoms with Gasteiger partial charge in [0, 0.05) is 10.6 Å². The van der Waals surface area contributed by atoms with Crippen LogP contribution in [0.15, 0.2) is 95.9 Å². The molecular weight excluding hydrogens is 466 g/mol. The first kappa shape index (κ1) is 22.3. The summed E-state index contributed by atoms with van der Waals surface area (Å²) in [7, 11) is 0. The van der Waals surface area contributed by atoms with Gasteiger partial charge in [0.25, 0.3) is 11.1 Å². The number of thioether (sulfide) groups is 1. The summed E-state index contributed by atoms with van der Waals surface area (Å²) in [6, 6.07) is 28.9. The molecule has 0 N–H and O–H groups in total. The minimum Gasteiger partial charge on any atom is -0.488 e. The Morgan fingerprint density at radius 1 is 0.824 bits per heavy atom. The normalized spacial score (nSPS) is 14.9. The lowest BCUT2D eigenvalue weighted by Crippen LogP contribution is -2.27. The molecule has 4 aromatic rings. The minimum atomic E-state index is -0.313. The van der Waals surface area contributed by atoms with Gasteiger partial charge >= 0.3 is 0 Å². The summed E-state index contributed by atoms with van der Waals surface area (Å²) in [5.41, 5.74) is 2.67. The van der Waals surface area contributed by atoms with Gasteiger partial charge in [0.15, 0.2) is 0 Å².